The molecule has 6 nitrogen and oxygen atoms in total. The molecule has 0 aromatic heterocycles. The number of halogens is 1. The lowest BCUT2D eigenvalue weighted by atomic mass is 10.1. The third-order valence-electron chi connectivity index (χ3n) is 3.31. The number of carbonyl (C=O) groups is 1. The molecule has 0 aliphatic carbocycles. The fourth-order valence-corrected chi connectivity index (χ4v) is 2.17. The van der Waals surface area contributed by atoms with E-state index in [9.17, 15) is 4.79 Å². The normalized spacial score (nSPS) is 11.0. The number of amides is 1. The fraction of sp³-hybridized carbons (Fsp3) is 0.556. The summed E-state index contributed by atoms with van der Waals surface area (Å²) >= 11 is 0. The molecule has 0 radical (unpaired) electrons. The monoisotopic (exact) mass is 462 g/mol. The van der Waals surface area contributed by atoms with Gasteiger partial charge in [-0.15, -0.1) is 24.0 Å². The number of methoxy groups -OCH3 is 1. The van der Waals surface area contributed by atoms with Crippen LogP contribution in [-0.4, -0.2) is 39.2 Å². The van der Waals surface area contributed by atoms with Gasteiger partial charge in [-0.25, -0.2) is 0 Å². The number of rotatable bonds is 9. The van der Waals surface area contributed by atoms with Gasteiger partial charge in [-0.2, -0.15) is 0 Å². The molecule has 0 spiro atoms. The van der Waals surface area contributed by atoms with Crippen LogP contribution in [0.25, 0.3) is 0 Å². The third-order valence-corrected chi connectivity index (χ3v) is 3.31. The molecular weight excluding hydrogens is 431 g/mol. The van der Waals surface area contributed by atoms with Crippen molar-refractivity contribution in [2.45, 2.75) is 33.2 Å². The maximum Gasteiger partial charge on any atom is 0.224 e. The summed E-state index contributed by atoms with van der Waals surface area (Å²) in [6.07, 6.45) is 1.45. The summed E-state index contributed by atoms with van der Waals surface area (Å²) < 4.78 is 5.02. The van der Waals surface area contributed by atoms with Crippen molar-refractivity contribution in [3.8, 4) is 0 Å². The summed E-state index contributed by atoms with van der Waals surface area (Å²) in [5.41, 5.74) is 1.90. The van der Waals surface area contributed by atoms with Crippen molar-refractivity contribution in [3.05, 3.63) is 29.8 Å². The van der Waals surface area contributed by atoms with Crippen LogP contribution in [0.15, 0.2) is 29.3 Å². The van der Waals surface area contributed by atoms with Gasteiger partial charge in [0.15, 0.2) is 5.96 Å². The van der Waals surface area contributed by atoms with Crippen LogP contribution in [0.5, 0.6) is 0 Å². The van der Waals surface area contributed by atoms with E-state index in [1.54, 1.807) is 14.2 Å². The second kappa shape index (κ2) is 13.9. The highest BCUT2D eigenvalue weighted by atomic mass is 127. The third kappa shape index (κ3) is 11.0. The van der Waals surface area contributed by atoms with Gasteiger partial charge in [-0.05, 0) is 30.0 Å². The molecule has 142 valence electrons. The van der Waals surface area contributed by atoms with Crippen molar-refractivity contribution in [2.24, 2.45) is 10.9 Å². The highest BCUT2D eigenvalue weighted by Crippen LogP contribution is 2.12. The molecule has 0 unspecified atom stereocenters. The Morgan fingerprint density at radius 1 is 1.28 bits per heavy atom. The standard InChI is InChI=1S/C18H30N4O2.HI/c1-14(2)11-17(23)22-16-8-5-7-15(12-16)13-21-18(19-3)20-9-6-10-24-4;/h5,7-8,12,14H,6,9-11,13H2,1-4H3,(H,22,23)(H2,19,20,21);1H. The average molecular weight is 462 g/mol. The zero-order valence-corrected chi connectivity index (χ0v) is 17.9. The van der Waals surface area contributed by atoms with Gasteiger partial charge in [0, 0.05) is 46.0 Å². The number of hydrogen-bond acceptors (Lipinski definition) is 3. The number of nitrogens with zero attached hydrogens (tertiary/aromatic N) is 1. The Morgan fingerprint density at radius 3 is 2.68 bits per heavy atom. The lowest BCUT2D eigenvalue weighted by Gasteiger charge is -2.13. The summed E-state index contributed by atoms with van der Waals surface area (Å²) in [6, 6.07) is 7.84. The van der Waals surface area contributed by atoms with Crippen LogP contribution < -0.4 is 16.0 Å². The minimum absolute atomic E-state index is 0. The Hall–Kier alpha value is -1.35. The van der Waals surface area contributed by atoms with Gasteiger partial charge in [0.2, 0.25) is 5.91 Å². The first kappa shape index (κ1) is 23.6. The zero-order valence-electron chi connectivity index (χ0n) is 15.6. The molecule has 1 aromatic rings. The molecule has 0 bridgehead atoms. The Kier molecular flexibility index (Phi) is 13.1. The van der Waals surface area contributed by atoms with Crippen LogP contribution in [0.2, 0.25) is 0 Å². The summed E-state index contributed by atoms with van der Waals surface area (Å²) in [4.78, 5) is 16.0. The van der Waals surface area contributed by atoms with E-state index in [1.807, 2.05) is 38.1 Å². The molecule has 1 amide bonds. The van der Waals surface area contributed by atoms with Crippen molar-refractivity contribution in [3.63, 3.8) is 0 Å². The Labute approximate surface area is 168 Å². The molecule has 0 heterocycles. The van der Waals surface area contributed by atoms with Gasteiger partial charge in [0.25, 0.3) is 0 Å². The van der Waals surface area contributed by atoms with Crippen molar-refractivity contribution in [1.82, 2.24) is 10.6 Å². The first-order valence-electron chi connectivity index (χ1n) is 8.37. The molecule has 0 aliphatic heterocycles. The van der Waals surface area contributed by atoms with Gasteiger partial charge in [0.1, 0.15) is 0 Å². The molecule has 0 saturated heterocycles. The van der Waals surface area contributed by atoms with Crippen molar-refractivity contribution in [2.75, 3.05) is 32.6 Å². The Bertz CT molecular complexity index is 536. The molecule has 3 N–H and O–H groups in total. The predicted molar refractivity (Wildman–Crippen MR) is 115 cm³/mol. The quantitative estimate of drug-likeness (QED) is 0.228. The van der Waals surface area contributed by atoms with E-state index in [-0.39, 0.29) is 29.9 Å². The number of anilines is 1. The highest BCUT2D eigenvalue weighted by molar-refractivity contribution is 14.0. The maximum absolute atomic E-state index is 11.9. The fourth-order valence-electron chi connectivity index (χ4n) is 2.17. The number of ether oxygens (including phenoxy) is 1. The molecule has 0 saturated carbocycles. The topological polar surface area (TPSA) is 74.8 Å². The van der Waals surface area contributed by atoms with Crippen LogP contribution in [0.3, 0.4) is 0 Å². The number of benzene rings is 1. The van der Waals surface area contributed by atoms with E-state index in [0.717, 1.165) is 36.8 Å². The van der Waals surface area contributed by atoms with E-state index in [1.165, 1.54) is 0 Å². The minimum atomic E-state index is 0. The maximum atomic E-state index is 11.9. The van der Waals surface area contributed by atoms with Gasteiger partial charge in [-0.1, -0.05) is 26.0 Å². The van der Waals surface area contributed by atoms with Crippen LogP contribution in [0.1, 0.15) is 32.3 Å². The molecule has 0 fully saturated rings. The number of guanidine groups is 1. The molecule has 1 aromatic carbocycles. The summed E-state index contributed by atoms with van der Waals surface area (Å²) in [5, 5.41) is 9.43. The van der Waals surface area contributed by atoms with Gasteiger partial charge >= 0.3 is 0 Å². The second-order valence-electron chi connectivity index (χ2n) is 6.05. The molecule has 25 heavy (non-hydrogen) atoms. The average Bonchev–Trinajstić information content (AvgIpc) is 2.53. The van der Waals surface area contributed by atoms with Crippen LogP contribution >= 0.6 is 24.0 Å². The smallest absolute Gasteiger partial charge is 0.224 e. The van der Waals surface area contributed by atoms with Crippen LogP contribution in [0, 0.1) is 5.92 Å². The van der Waals surface area contributed by atoms with Crippen LogP contribution in [0.4, 0.5) is 5.69 Å². The summed E-state index contributed by atoms with van der Waals surface area (Å²) in [7, 11) is 3.44. The van der Waals surface area contributed by atoms with Gasteiger partial charge < -0.3 is 20.7 Å². The van der Waals surface area contributed by atoms with Gasteiger partial charge in [0.05, 0.1) is 0 Å². The summed E-state index contributed by atoms with van der Waals surface area (Å²) in [6.45, 7) is 6.23. The number of aliphatic imine (C=N–C) groups is 1. The molecular formula is C18H31IN4O2. The molecule has 0 aliphatic rings. The molecule has 1 rings (SSSR count). The summed E-state index contributed by atoms with van der Waals surface area (Å²) in [5.74, 6) is 1.15. The highest BCUT2D eigenvalue weighted by Gasteiger charge is 2.06. The van der Waals surface area contributed by atoms with Crippen molar-refractivity contribution < 1.29 is 9.53 Å². The second-order valence-corrected chi connectivity index (χ2v) is 6.05. The lowest BCUT2D eigenvalue weighted by Crippen LogP contribution is -2.37. The Balaban J connectivity index is 0.00000576. The molecule has 0 atom stereocenters. The Morgan fingerprint density at radius 2 is 2.04 bits per heavy atom. The van der Waals surface area contributed by atoms with Crippen molar-refractivity contribution >= 4 is 41.5 Å². The molecule has 7 heteroatoms. The van der Waals surface area contributed by atoms with E-state index in [0.29, 0.717) is 18.9 Å². The number of carbonyl (C=O) groups excluding carboxylic acids is 1. The van der Waals surface area contributed by atoms with E-state index >= 15 is 0 Å². The first-order chi connectivity index (χ1) is 11.5. The lowest BCUT2D eigenvalue weighted by molar-refractivity contribution is -0.116. The SMILES string of the molecule is CN=C(NCCCOC)NCc1cccc(NC(=O)CC(C)C)c1.I. The van der Waals surface area contributed by atoms with E-state index in [2.05, 4.69) is 20.9 Å². The van der Waals surface area contributed by atoms with Gasteiger partial charge in [-0.3, -0.25) is 9.79 Å². The predicted octanol–water partition coefficient (Wildman–Crippen LogP) is 2.99. The number of nitrogens with one attached hydrogen (secondary N) is 3. The minimum Gasteiger partial charge on any atom is -0.385 e. The number of hydrogen-bond donors (Lipinski definition) is 3. The first-order valence-corrected chi connectivity index (χ1v) is 8.37. The van der Waals surface area contributed by atoms with E-state index < -0.39 is 0 Å². The van der Waals surface area contributed by atoms with Crippen LogP contribution in [-0.2, 0) is 16.1 Å². The zero-order chi connectivity index (χ0) is 17.8. The van der Waals surface area contributed by atoms with Crippen molar-refractivity contribution in [1.29, 1.82) is 0 Å². The largest absolute Gasteiger partial charge is 0.385 e. The van der Waals surface area contributed by atoms with E-state index in [4.69, 9.17) is 4.74 Å².